The third-order valence-electron chi connectivity index (χ3n) is 4.91. The van der Waals surface area contributed by atoms with Crippen molar-refractivity contribution in [3.05, 3.63) is 69.1 Å². The Morgan fingerprint density at radius 2 is 1.71 bits per heavy atom. The molecule has 2 N–H and O–H groups in total. The molecule has 0 saturated heterocycles. The van der Waals surface area contributed by atoms with Gasteiger partial charge in [0.05, 0.1) is 24.2 Å². The number of anilines is 2. The number of benzene rings is 2. The molecule has 0 fully saturated rings. The number of rotatable bonds is 9. The van der Waals surface area contributed by atoms with Gasteiger partial charge in [-0.2, -0.15) is 0 Å². The molecular weight excluding hydrogens is 492 g/mol. The normalized spacial score (nSPS) is 10.4. The summed E-state index contributed by atoms with van der Waals surface area (Å²) in [6, 6.07) is 12.0. The highest BCUT2D eigenvalue weighted by Gasteiger charge is 2.26. The van der Waals surface area contributed by atoms with Crippen molar-refractivity contribution in [2.75, 3.05) is 31.0 Å². The van der Waals surface area contributed by atoms with Gasteiger partial charge in [0.25, 0.3) is 11.8 Å². The molecule has 0 spiro atoms. The van der Waals surface area contributed by atoms with E-state index in [4.69, 9.17) is 25.8 Å². The maximum absolute atomic E-state index is 13.0. The molecule has 3 rings (SSSR count). The van der Waals surface area contributed by atoms with Crippen LogP contribution in [0.25, 0.3) is 0 Å². The van der Waals surface area contributed by atoms with Crippen LogP contribution in [0.1, 0.15) is 38.1 Å². The zero-order chi connectivity index (χ0) is 25.5. The lowest BCUT2D eigenvalue weighted by molar-refractivity contribution is -0.118. The number of ether oxygens (including phenoxy) is 3. The van der Waals surface area contributed by atoms with Crippen molar-refractivity contribution in [1.29, 1.82) is 0 Å². The SMILES string of the molecule is CCOc1ccc(NC(=O)c2sc(NC(=O)COc3ccc(Cl)cc3C)c(C(=O)OC)c2C)cc1. The smallest absolute Gasteiger partial charge is 0.341 e. The molecule has 3 aromatic rings. The lowest BCUT2D eigenvalue weighted by Crippen LogP contribution is -2.21. The molecule has 0 bridgehead atoms. The van der Waals surface area contributed by atoms with Crippen molar-refractivity contribution in [2.24, 2.45) is 0 Å². The number of carbonyl (C=O) groups excluding carboxylic acids is 3. The fourth-order valence-corrected chi connectivity index (χ4v) is 4.57. The molecule has 0 aliphatic rings. The van der Waals surface area contributed by atoms with Gasteiger partial charge in [-0.1, -0.05) is 11.6 Å². The first-order valence-corrected chi connectivity index (χ1v) is 11.9. The monoisotopic (exact) mass is 516 g/mol. The number of hydrogen-bond acceptors (Lipinski definition) is 7. The van der Waals surface area contributed by atoms with Crippen molar-refractivity contribution in [3.8, 4) is 11.5 Å². The average molecular weight is 517 g/mol. The third kappa shape index (κ3) is 6.52. The fourth-order valence-electron chi connectivity index (χ4n) is 3.24. The molecule has 2 aromatic carbocycles. The third-order valence-corrected chi connectivity index (χ3v) is 6.36. The van der Waals surface area contributed by atoms with E-state index in [1.165, 1.54) is 7.11 Å². The summed E-state index contributed by atoms with van der Waals surface area (Å²) in [5.41, 5.74) is 1.85. The average Bonchev–Trinajstić information content (AvgIpc) is 3.15. The minimum absolute atomic E-state index is 0.116. The molecule has 35 heavy (non-hydrogen) atoms. The van der Waals surface area contributed by atoms with Crippen LogP contribution >= 0.6 is 22.9 Å². The maximum atomic E-state index is 13.0. The maximum Gasteiger partial charge on any atom is 0.341 e. The van der Waals surface area contributed by atoms with E-state index >= 15 is 0 Å². The lowest BCUT2D eigenvalue weighted by atomic mass is 10.1. The van der Waals surface area contributed by atoms with Gasteiger partial charge in [-0.3, -0.25) is 9.59 Å². The Kier molecular flexibility index (Phi) is 8.73. The van der Waals surface area contributed by atoms with Crippen molar-refractivity contribution in [3.63, 3.8) is 0 Å². The number of methoxy groups -OCH3 is 1. The summed E-state index contributed by atoms with van der Waals surface area (Å²) in [6.07, 6.45) is 0. The number of aryl methyl sites for hydroxylation is 1. The summed E-state index contributed by atoms with van der Waals surface area (Å²) in [4.78, 5) is 38.2. The number of amides is 2. The van der Waals surface area contributed by atoms with Crippen molar-refractivity contribution >= 4 is 51.4 Å². The van der Waals surface area contributed by atoms with Crippen LogP contribution in [0, 0.1) is 13.8 Å². The summed E-state index contributed by atoms with van der Waals surface area (Å²) in [6.45, 7) is 5.56. The van der Waals surface area contributed by atoms with E-state index < -0.39 is 17.8 Å². The molecule has 0 saturated carbocycles. The number of carbonyl (C=O) groups is 3. The number of hydrogen-bond donors (Lipinski definition) is 2. The minimum atomic E-state index is -0.663. The largest absolute Gasteiger partial charge is 0.494 e. The van der Waals surface area contributed by atoms with E-state index in [1.807, 2.05) is 13.8 Å². The first-order valence-electron chi connectivity index (χ1n) is 10.7. The summed E-state index contributed by atoms with van der Waals surface area (Å²) in [5, 5.41) is 6.22. The molecular formula is C25H25ClN2O6S. The summed E-state index contributed by atoms with van der Waals surface area (Å²) in [7, 11) is 1.23. The van der Waals surface area contributed by atoms with Gasteiger partial charge in [-0.25, -0.2) is 4.79 Å². The highest BCUT2D eigenvalue weighted by molar-refractivity contribution is 7.19. The first-order chi connectivity index (χ1) is 16.7. The molecule has 184 valence electrons. The Labute approximate surface area is 212 Å². The molecule has 0 aliphatic heterocycles. The Balaban J connectivity index is 1.76. The Hall–Kier alpha value is -3.56. The first kappa shape index (κ1) is 26.1. The molecule has 1 aromatic heterocycles. The fraction of sp³-hybridized carbons (Fsp3) is 0.240. The lowest BCUT2D eigenvalue weighted by Gasteiger charge is -2.10. The Morgan fingerprint density at radius 1 is 1.00 bits per heavy atom. The van der Waals surface area contributed by atoms with Gasteiger partial charge in [-0.15, -0.1) is 11.3 Å². The second-order valence-corrected chi connectivity index (χ2v) is 8.87. The van der Waals surface area contributed by atoms with Crippen LogP contribution in [-0.2, 0) is 9.53 Å². The Bertz CT molecular complexity index is 1240. The molecule has 10 heteroatoms. The zero-order valence-corrected chi connectivity index (χ0v) is 21.3. The highest BCUT2D eigenvalue weighted by atomic mass is 35.5. The van der Waals surface area contributed by atoms with Gasteiger partial charge in [0.2, 0.25) is 0 Å². The van der Waals surface area contributed by atoms with E-state index in [0.717, 1.165) is 16.9 Å². The number of halogens is 1. The van der Waals surface area contributed by atoms with Gasteiger partial charge < -0.3 is 24.8 Å². The molecule has 0 radical (unpaired) electrons. The zero-order valence-electron chi connectivity index (χ0n) is 19.7. The topological polar surface area (TPSA) is 103 Å². The van der Waals surface area contributed by atoms with Crippen LogP contribution in [0.15, 0.2) is 42.5 Å². The van der Waals surface area contributed by atoms with Crippen molar-refractivity contribution in [2.45, 2.75) is 20.8 Å². The van der Waals surface area contributed by atoms with E-state index in [2.05, 4.69) is 10.6 Å². The number of nitrogens with one attached hydrogen (secondary N) is 2. The van der Waals surface area contributed by atoms with Gasteiger partial charge in [0.1, 0.15) is 16.5 Å². The molecule has 0 unspecified atom stereocenters. The molecule has 0 atom stereocenters. The molecule has 2 amide bonds. The van der Waals surface area contributed by atoms with E-state index in [1.54, 1.807) is 49.4 Å². The number of esters is 1. The van der Waals surface area contributed by atoms with E-state index in [0.29, 0.717) is 34.4 Å². The van der Waals surface area contributed by atoms with E-state index in [9.17, 15) is 14.4 Å². The van der Waals surface area contributed by atoms with Gasteiger partial charge in [0.15, 0.2) is 6.61 Å². The summed E-state index contributed by atoms with van der Waals surface area (Å²) >= 11 is 6.93. The molecule has 8 nitrogen and oxygen atoms in total. The Morgan fingerprint density at radius 3 is 2.34 bits per heavy atom. The second kappa shape index (κ2) is 11.7. The summed E-state index contributed by atoms with van der Waals surface area (Å²) in [5.74, 6) is -0.384. The van der Waals surface area contributed by atoms with E-state index in [-0.39, 0.29) is 22.0 Å². The van der Waals surface area contributed by atoms with Gasteiger partial charge in [-0.05, 0) is 74.4 Å². The van der Waals surface area contributed by atoms with Crippen LogP contribution in [0.2, 0.25) is 5.02 Å². The minimum Gasteiger partial charge on any atom is -0.494 e. The highest BCUT2D eigenvalue weighted by Crippen LogP contribution is 2.34. The van der Waals surface area contributed by atoms with Crippen molar-refractivity contribution in [1.82, 2.24) is 0 Å². The quantitative estimate of drug-likeness (QED) is 0.365. The van der Waals surface area contributed by atoms with Crippen LogP contribution < -0.4 is 20.1 Å². The predicted molar refractivity (Wildman–Crippen MR) is 136 cm³/mol. The molecule has 1 heterocycles. The second-order valence-electron chi connectivity index (χ2n) is 7.41. The van der Waals surface area contributed by atoms with Crippen LogP contribution in [0.3, 0.4) is 0 Å². The standard InChI is InChI=1S/C25H25ClN2O6S/c1-5-33-18-9-7-17(8-10-18)27-23(30)22-15(3)21(25(31)32-4)24(35-22)28-20(29)13-34-19-11-6-16(26)12-14(19)2/h6-12H,5,13H2,1-4H3,(H,27,30)(H,28,29). The van der Waals surface area contributed by atoms with Gasteiger partial charge >= 0.3 is 5.97 Å². The van der Waals surface area contributed by atoms with Crippen LogP contribution in [0.5, 0.6) is 11.5 Å². The summed E-state index contributed by atoms with van der Waals surface area (Å²) < 4.78 is 15.8. The van der Waals surface area contributed by atoms with Gasteiger partial charge in [0, 0.05) is 10.7 Å². The van der Waals surface area contributed by atoms with Crippen LogP contribution in [-0.4, -0.2) is 38.1 Å². The predicted octanol–water partition coefficient (Wildman–Crippen LogP) is 5.47. The van der Waals surface area contributed by atoms with Crippen molar-refractivity contribution < 1.29 is 28.6 Å². The van der Waals surface area contributed by atoms with Crippen LogP contribution in [0.4, 0.5) is 10.7 Å². The number of thiophene rings is 1. The molecule has 0 aliphatic carbocycles.